The van der Waals surface area contributed by atoms with Crippen molar-refractivity contribution in [3.05, 3.63) is 23.6 Å². The van der Waals surface area contributed by atoms with E-state index in [4.69, 9.17) is 9.05 Å². The molecular formula is C10H17Na2O6P. The van der Waals surface area contributed by atoms with Gasteiger partial charge in [-0.1, -0.05) is 12.7 Å². The number of allylic oxidation sites excluding steroid dienone is 1. The van der Waals surface area contributed by atoms with E-state index in [1.165, 1.54) is 0 Å². The maximum absolute atomic E-state index is 11.9. The first-order valence-corrected chi connectivity index (χ1v) is 6.88. The van der Waals surface area contributed by atoms with Crippen LogP contribution < -0.4 is 69.3 Å². The second-order valence-electron chi connectivity index (χ2n) is 2.80. The molecule has 0 unspecified atom stereocenters. The van der Waals surface area contributed by atoms with Crippen LogP contribution in [0.3, 0.4) is 0 Å². The van der Waals surface area contributed by atoms with Crippen molar-refractivity contribution < 1.29 is 87.7 Å². The predicted molar refractivity (Wildman–Crippen MR) is 58.7 cm³/mol. The van der Waals surface area contributed by atoms with E-state index in [9.17, 15) is 14.8 Å². The zero-order valence-electron chi connectivity index (χ0n) is 12.2. The Bertz CT molecular complexity index is 322. The Balaban J connectivity index is -0.00000128. The van der Waals surface area contributed by atoms with E-state index >= 15 is 0 Å². The van der Waals surface area contributed by atoms with E-state index in [2.05, 4.69) is 4.74 Å². The fourth-order valence-electron chi connectivity index (χ4n) is 0.965. The van der Waals surface area contributed by atoms with E-state index in [1.807, 2.05) is 0 Å². The van der Waals surface area contributed by atoms with Crippen LogP contribution >= 0.6 is 7.60 Å². The zero-order valence-corrected chi connectivity index (χ0v) is 17.1. The quantitative estimate of drug-likeness (QED) is 0.192. The summed E-state index contributed by atoms with van der Waals surface area (Å²) >= 11 is 0. The molecule has 0 aliphatic carbocycles. The molecule has 0 aliphatic heterocycles. The van der Waals surface area contributed by atoms with Gasteiger partial charge in [0.15, 0.2) is 0 Å². The molecule has 6 nitrogen and oxygen atoms in total. The summed E-state index contributed by atoms with van der Waals surface area (Å²) in [5.41, 5.74) is 0. The van der Waals surface area contributed by atoms with Gasteiger partial charge in [0.2, 0.25) is 0 Å². The first-order chi connectivity index (χ1) is 7.97. The van der Waals surface area contributed by atoms with Crippen molar-refractivity contribution in [2.45, 2.75) is 20.8 Å². The number of rotatable bonds is 8. The van der Waals surface area contributed by atoms with Crippen LogP contribution in [0.25, 0.3) is 0 Å². The van der Waals surface area contributed by atoms with E-state index in [0.29, 0.717) is 6.08 Å². The van der Waals surface area contributed by atoms with Crippen LogP contribution in [0.2, 0.25) is 0 Å². The molecule has 0 amide bonds. The van der Waals surface area contributed by atoms with Crippen LogP contribution in [0.4, 0.5) is 0 Å². The molecule has 0 saturated carbocycles. The molecule has 0 aliphatic rings. The smallest absolute Gasteiger partial charge is 0.872 e. The summed E-state index contributed by atoms with van der Waals surface area (Å²) in [6.07, 6.45) is 0.703. The SMILES string of the molecule is CCO/C([O-])=C/C([O-])=C/P(=O)(OCC)OCC.[Na+].[Na+]. The van der Waals surface area contributed by atoms with Crippen molar-refractivity contribution in [2.75, 3.05) is 19.8 Å². The molecule has 0 atom stereocenters. The van der Waals surface area contributed by atoms with Crippen molar-refractivity contribution in [1.82, 2.24) is 0 Å². The molecule has 0 bridgehead atoms. The van der Waals surface area contributed by atoms with Gasteiger partial charge >= 0.3 is 66.7 Å². The average Bonchev–Trinajstić information content (AvgIpc) is 2.17. The fraction of sp³-hybridized carbons (Fsp3) is 0.600. The minimum absolute atomic E-state index is 0. The summed E-state index contributed by atoms with van der Waals surface area (Å²) in [7, 11) is -3.56. The molecule has 0 N–H and O–H groups in total. The van der Waals surface area contributed by atoms with Gasteiger partial charge in [-0.15, -0.1) is 0 Å². The third kappa shape index (κ3) is 12.5. The summed E-state index contributed by atoms with van der Waals surface area (Å²) in [5, 5.41) is 22.3. The second kappa shape index (κ2) is 14.0. The molecule has 0 spiro atoms. The zero-order chi connectivity index (χ0) is 13.3. The van der Waals surface area contributed by atoms with Crippen LogP contribution in [0.15, 0.2) is 23.6 Å². The summed E-state index contributed by atoms with van der Waals surface area (Å²) < 4.78 is 26.1. The molecule has 0 fully saturated rings. The summed E-state index contributed by atoms with van der Waals surface area (Å²) in [6, 6.07) is 0. The van der Waals surface area contributed by atoms with Crippen molar-refractivity contribution in [3.63, 3.8) is 0 Å². The van der Waals surface area contributed by atoms with Gasteiger partial charge in [0.25, 0.3) is 0 Å². The van der Waals surface area contributed by atoms with E-state index in [-0.39, 0.29) is 78.9 Å². The number of hydrogen-bond acceptors (Lipinski definition) is 6. The molecule has 0 radical (unpaired) electrons. The van der Waals surface area contributed by atoms with Crippen LogP contribution in [-0.2, 0) is 18.3 Å². The molecule has 0 heterocycles. The molecule has 0 aromatic rings. The first-order valence-electron chi connectivity index (χ1n) is 5.27. The normalized spacial score (nSPS) is 12.4. The molecule has 9 heteroatoms. The molecule has 0 saturated heterocycles. The van der Waals surface area contributed by atoms with Gasteiger partial charge in [0.1, 0.15) is 0 Å². The van der Waals surface area contributed by atoms with E-state index in [0.717, 1.165) is 5.82 Å². The third-order valence-corrected chi connectivity index (χ3v) is 3.26. The molecular weight excluding hydrogens is 293 g/mol. The van der Waals surface area contributed by atoms with Gasteiger partial charge in [-0.2, -0.15) is 0 Å². The molecule has 100 valence electrons. The fourth-order valence-corrected chi connectivity index (χ4v) is 2.29. The second-order valence-corrected chi connectivity index (χ2v) is 4.66. The Hall–Kier alpha value is 1.03. The Morgan fingerprint density at radius 3 is 1.89 bits per heavy atom. The third-order valence-electron chi connectivity index (χ3n) is 1.45. The van der Waals surface area contributed by atoms with Crippen molar-refractivity contribution in [3.8, 4) is 0 Å². The molecule has 0 aromatic carbocycles. The van der Waals surface area contributed by atoms with Gasteiger partial charge in [0, 0.05) is 5.82 Å². The Morgan fingerprint density at radius 2 is 1.53 bits per heavy atom. The van der Waals surface area contributed by atoms with Gasteiger partial charge < -0.3 is 24.0 Å². The predicted octanol–water partition coefficient (Wildman–Crippen LogP) is -5.30. The van der Waals surface area contributed by atoms with Crippen molar-refractivity contribution in [2.24, 2.45) is 0 Å². The van der Waals surface area contributed by atoms with Crippen molar-refractivity contribution in [1.29, 1.82) is 0 Å². The number of ether oxygens (including phenoxy) is 1. The standard InChI is InChI=1S/C10H19O6P.2Na/c1-4-14-10(12)7-9(11)8-17(13,15-5-2)16-6-3;;/h7-8,11-12H,4-6H2,1-3H3;;/q;2*+1/p-2/b9-8-,10-7+;;. The molecule has 0 rings (SSSR count). The summed E-state index contributed by atoms with van der Waals surface area (Å²) in [4.78, 5) is 0. The van der Waals surface area contributed by atoms with Crippen LogP contribution in [0.5, 0.6) is 0 Å². The van der Waals surface area contributed by atoms with Gasteiger partial charge in [-0.25, -0.2) is 0 Å². The average molecular weight is 310 g/mol. The minimum Gasteiger partial charge on any atom is -0.872 e. The topological polar surface area (TPSA) is 90.9 Å². The molecule has 19 heavy (non-hydrogen) atoms. The largest absolute Gasteiger partial charge is 1.00 e. The number of hydrogen-bond donors (Lipinski definition) is 0. The van der Waals surface area contributed by atoms with E-state index < -0.39 is 19.3 Å². The minimum atomic E-state index is -3.56. The molecule has 0 aromatic heterocycles. The monoisotopic (exact) mass is 310 g/mol. The Morgan fingerprint density at radius 1 is 1.05 bits per heavy atom. The Kier molecular flexibility index (Phi) is 18.4. The van der Waals surface area contributed by atoms with Crippen LogP contribution in [0, 0.1) is 0 Å². The van der Waals surface area contributed by atoms with E-state index in [1.54, 1.807) is 20.8 Å². The van der Waals surface area contributed by atoms with Gasteiger partial charge in [0.05, 0.1) is 19.2 Å². The van der Waals surface area contributed by atoms with Crippen LogP contribution in [-0.4, -0.2) is 19.8 Å². The summed E-state index contributed by atoms with van der Waals surface area (Å²) in [6.45, 7) is 5.31. The summed E-state index contributed by atoms with van der Waals surface area (Å²) in [5.74, 6) is -0.765. The van der Waals surface area contributed by atoms with Crippen molar-refractivity contribution >= 4 is 7.60 Å². The van der Waals surface area contributed by atoms with Crippen LogP contribution in [0.1, 0.15) is 20.8 Å². The first kappa shape index (κ1) is 25.0. The Labute approximate surface area is 158 Å². The maximum atomic E-state index is 11.9. The maximum Gasteiger partial charge on any atom is 1.00 e. The van der Waals surface area contributed by atoms with Gasteiger partial charge in [-0.05, 0) is 26.5 Å². The van der Waals surface area contributed by atoms with Gasteiger partial charge in [-0.3, -0.25) is 4.57 Å².